The summed E-state index contributed by atoms with van der Waals surface area (Å²) in [5.74, 6) is 1.79. The van der Waals surface area contributed by atoms with Crippen LogP contribution in [0.5, 0.6) is 0 Å². The summed E-state index contributed by atoms with van der Waals surface area (Å²) in [7, 11) is 0. The van der Waals surface area contributed by atoms with Crippen LogP contribution in [0.3, 0.4) is 0 Å². The fourth-order valence-electron chi connectivity index (χ4n) is 2.28. The Morgan fingerprint density at radius 2 is 1.86 bits per heavy atom. The van der Waals surface area contributed by atoms with Gasteiger partial charge in [0, 0.05) is 16.2 Å². The molecule has 2 nitrogen and oxygen atoms in total. The molecule has 1 aliphatic heterocycles. The molecule has 2 aromatic carbocycles. The molecule has 0 fully saturated rings. The number of ether oxygens (including phenoxy) is 2. The van der Waals surface area contributed by atoms with Crippen LogP contribution in [0.4, 0.5) is 0 Å². The Morgan fingerprint density at radius 3 is 2.62 bits per heavy atom. The molecular formula is C18H18O2S. The molecule has 0 aromatic heterocycles. The standard InChI is InChI=1S/C18H18O2S/c1-14-6-5-9-16(17-12-19-10-11-20-17)18(14)21-13-15-7-3-2-4-8-15/h2-9,12H,10-11,13H2,1H3. The van der Waals surface area contributed by atoms with Crippen LogP contribution in [0.2, 0.25) is 0 Å². The van der Waals surface area contributed by atoms with Gasteiger partial charge in [0.2, 0.25) is 0 Å². The second kappa shape index (κ2) is 6.72. The summed E-state index contributed by atoms with van der Waals surface area (Å²) in [4.78, 5) is 1.26. The lowest BCUT2D eigenvalue weighted by Gasteiger charge is -2.19. The molecule has 0 unspecified atom stereocenters. The zero-order chi connectivity index (χ0) is 14.5. The van der Waals surface area contributed by atoms with Crippen molar-refractivity contribution < 1.29 is 9.47 Å². The van der Waals surface area contributed by atoms with E-state index in [-0.39, 0.29) is 0 Å². The molecule has 0 aliphatic carbocycles. The van der Waals surface area contributed by atoms with Gasteiger partial charge in [0.25, 0.3) is 0 Å². The second-order valence-corrected chi connectivity index (χ2v) is 5.91. The fourth-order valence-corrected chi connectivity index (χ4v) is 3.40. The topological polar surface area (TPSA) is 18.5 Å². The minimum atomic E-state index is 0.614. The van der Waals surface area contributed by atoms with Crippen LogP contribution in [0.1, 0.15) is 16.7 Å². The third-order valence-electron chi connectivity index (χ3n) is 3.35. The summed E-state index contributed by atoms with van der Waals surface area (Å²) >= 11 is 1.84. The van der Waals surface area contributed by atoms with Crippen LogP contribution >= 0.6 is 11.8 Å². The molecule has 0 saturated heterocycles. The Bertz CT molecular complexity index is 635. The number of rotatable bonds is 4. The van der Waals surface area contributed by atoms with Crippen LogP contribution in [0.25, 0.3) is 5.76 Å². The molecule has 0 spiro atoms. The minimum absolute atomic E-state index is 0.614. The molecule has 0 amide bonds. The van der Waals surface area contributed by atoms with E-state index in [2.05, 4.69) is 49.4 Å². The molecule has 3 heteroatoms. The Balaban J connectivity index is 1.85. The van der Waals surface area contributed by atoms with Gasteiger partial charge in [-0.1, -0.05) is 42.5 Å². The van der Waals surface area contributed by atoms with Crippen molar-refractivity contribution in [2.75, 3.05) is 13.2 Å². The SMILES string of the molecule is Cc1cccc(C2=COCCO2)c1SCc1ccccc1. The predicted molar refractivity (Wildman–Crippen MR) is 87.1 cm³/mol. The van der Waals surface area contributed by atoms with Crippen molar-refractivity contribution in [2.24, 2.45) is 0 Å². The number of hydrogen-bond donors (Lipinski definition) is 0. The zero-order valence-electron chi connectivity index (χ0n) is 12.0. The Morgan fingerprint density at radius 1 is 1.00 bits per heavy atom. The van der Waals surface area contributed by atoms with E-state index in [9.17, 15) is 0 Å². The van der Waals surface area contributed by atoms with E-state index in [0.29, 0.717) is 13.2 Å². The van der Waals surface area contributed by atoms with Crippen LogP contribution < -0.4 is 0 Å². The van der Waals surface area contributed by atoms with Crippen molar-refractivity contribution in [3.8, 4) is 0 Å². The van der Waals surface area contributed by atoms with Crippen molar-refractivity contribution in [3.63, 3.8) is 0 Å². The van der Waals surface area contributed by atoms with Gasteiger partial charge in [0.05, 0.1) is 0 Å². The van der Waals surface area contributed by atoms with Crippen molar-refractivity contribution >= 4 is 17.5 Å². The Hall–Kier alpha value is -1.87. The zero-order valence-corrected chi connectivity index (χ0v) is 12.9. The molecule has 108 valence electrons. The van der Waals surface area contributed by atoms with Gasteiger partial charge in [0.15, 0.2) is 5.76 Å². The van der Waals surface area contributed by atoms with E-state index in [1.54, 1.807) is 6.26 Å². The summed E-state index contributed by atoms with van der Waals surface area (Å²) < 4.78 is 11.1. The first-order chi connectivity index (χ1) is 10.3. The minimum Gasteiger partial charge on any atom is -0.494 e. The van der Waals surface area contributed by atoms with Gasteiger partial charge in [-0.2, -0.15) is 0 Å². The van der Waals surface area contributed by atoms with Crippen molar-refractivity contribution in [3.05, 3.63) is 71.5 Å². The molecule has 0 saturated carbocycles. The monoisotopic (exact) mass is 298 g/mol. The number of benzene rings is 2. The molecule has 21 heavy (non-hydrogen) atoms. The summed E-state index contributed by atoms with van der Waals surface area (Å²) in [6.07, 6.45) is 1.73. The van der Waals surface area contributed by atoms with Crippen LogP contribution in [0.15, 0.2) is 59.7 Å². The maximum atomic E-state index is 5.73. The third kappa shape index (κ3) is 3.42. The maximum Gasteiger partial charge on any atom is 0.162 e. The number of thioether (sulfide) groups is 1. The largest absolute Gasteiger partial charge is 0.494 e. The summed E-state index contributed by atoms with van der Waals surface area (Å²) in [5, 5.41) is 0. The molecule has 0 N–H and O–H groups in total. The summed E-state index contributed by atoms with van der Waals surface area (Å²) in [5.41, 5.74) is 3.71. The molecule has 0 atom stereocenters. The average molecular weight is 298 g/mol. The van der Waals surface area contributed by atoms with E-state index in [1.807, 2.05) is 17.8 Å². The normalized spacial score (nSPS) is 14.0. The van der Waals surface area contributed by atoms with E-state index in [0.717, 1.165) is 17.1 Å². The van der Waals surface area contributed by atoms with Crippen LogP contribution in [0, 0.1) is 6.92 Å². The van der Waals surface area contributed by atoms with Crippen LogP contribution in [-0.4, -0.2) is 13.2 Å². The highest BCUT2D eigenvalue weighted by atomic mass is 32.2. The van der Waals surface area contributed by atoms with Crippen LogP contribution in [-0.2, 0) is 15.2 Å². The van der Waals surface area contributed by atoms with Gasteiger partial charge >= 0.3 is 0 Å². The lowest BCUT2D eigenvalue weighted by Crippen LogP contribution is -2.08. The predicted octanol–water partition coefficient (Wildman–Crippen LogP) is 4.63. The van der Waals surface area contributed by atoms with Gasteiger partial charge in [0.1, 0.15) is 19.5 Å². The second-order valence-electron chi connectivity index (χ2n) is 4.93. The van der Waals surface area contributed by atoms with Gasteiger partial charge < -0.3 is 9.47 Å². The van der Waals surface area contributed by atoms with E-state index < -0.39 is 0 Å². The smallest absolute Gasteiger partial charge is 0.162 e. The lowest BCUT2D eigenvalue weighted by molar-refractivity contribution is 0.125. The third-order valence-corrected chi connectivity index (χ3v) is 4.66. The van der Waals surface area contributed by atoms with Gasteiger partial charge in [-0.15, -0.1) is 11.8 Å². The summed E-state index contributed by atoms with van der Waals surface area (Å²) in [6, 6.07) is 16.8. The highest BCUT2D eigenvalue weighted by Crippen LogP contribution is 2.34. The van der Waals surface area contributed by atoms with Crippen molar-refractivity contribution in [2.45, 2.75) is 17.6 Å². The molecule has 3 rings (SSSR count). The molecule has 0 radical (unpaired) electrons. The molecule has 0 bridgehead atoms. The van der Waals surface area contributed by atoms with Gasteiger partial charge in [-0.3, -0.25) is 0 Å². The van der Waals surface area contributed by atoms with Crippen molar-refractivity contribution in [1.29, 1.82) is 0 Å². The first-order valence-corrected chi connectivity index (χ1v) is 8.04. The maximum absolute atomic E-state index is 5.73. The highest BCUT2D eigenvalue weighted by Gasteiger charge is 2.14. The van der Waals surface area contributed by atoms with E-state index in [4.69, 9.17) is 9.47 Å². The first kappa shape index (κ1) is 14.1. The molecule has 2 aromatic rings. The average Bonchev–Trinajstić information content (AvgIpc) is 2.55. The molecule has 1 aliphatic rings. The number of hydrogen-bond acceptors (Lipinski definition) is 3. The Labute approximate surface area is 129 Å². The molecular weight excluding hydrogens is 280 g/mol. The lowest BCUT2D eigenvalue weighted by atomic mass is 10.1. The summed E-state index contributed by atoms with van der Waals surface area (Å²) in [6.45, 7) is 3.38. The quantitative estimate of drug-likeness (QED) is 0.767. The first-order valence-electron chi connectivity index (χ1n) is 7.06. The fraction of sp³-hybridized carbons (Fsp3) is 0.222. The Kier molecular flexibility index (Phi) is 4.51. The number of aryl methyl sites for hydroxylation is 1. The van der Waals surface area contributed by atoms with E-state index >= 15 is 0 Å². The highest BCUT2D eigenvalue weighted by molar-refractivity contribution is 7.98. The van der Waals surface area contributed by atoms with Gasteiger partial charge in [-0.25, -0.2) is 0 Å². The van der Waals surface area contributed by atoms with Gasteiger partial charge in [-0.05, 0) is 24.1 Å². The van der Waals surface area contributed by atoms with Crippen molar-refractivity contribution in [1.82, 2.24) is 0 Å². The molecule has 1 heterocycles. The van der Waals surface area contributed by atoms with E-state index in [1.165, 1.54) is 16.0 Å².